The molecule has 1 heterocycles. The third kappa shape index (κ3) is 3.43. The molecule has 0 saturated heterocycles. The van der Waals surface area contributed by atoms with E-state index in [1.807, 2.05) is 49.4 Å². The summed E-state index contributed by atoms with van der Waals surface area (Å²) in [5.41, 5.74) is 3.52. The van der Waals surface area contributed by atoms with Crippen LogP contribution in [0.4, 0.5) is 0 Å². The molecule has 0 fully saturated rings. The largest absolute Gasteiger partial charge is 0.279 e. The summed E-state index contributed by atoms with van der Waals surface area (Å²) >= 11 is 6.41. The van der Waals surface area contributed by atoms with E-state index in [1.165, 1.54) is 4.41 Å². The van der Waals surface area contributed by atoms with Crippen molar-refractivity contribution >= 4 is 27.3 Å². The summed E-state index contributed by atoms with van der Waals surface area (Å²) in [7, 11) is -3.81. The van der Waals surface area contributed by atoms with Crippen molar-refractivity contribution in [1.29, 1.82) is 0 Å². The van der Waals surface area contributed by atoms with Gasteiger partial charge in [0, 0.05) is 11.4 Å². The van der Waals surface area contributed by atoms with Gasteiger partial charge in [0.1, 0.15) is 0 Å². The monoisotopic (exact) mass is 410 g/mol. The molecule has 0 aromatic heterocycles. The molecule has 6 heteroatoms. The predicted octanol–water partition coefficient (Wildman–Crippen LogP) is 5.19. The first kappa shape index (κ1) is 18.7. The van der Waals surface area contributed by atoms with Crippen molar-refractivity contribution < 1.29 is 8.42 Å². The molecule has 0 saturated carbocycles. The molecular formula is C22H19ClN2O2S. The first-order valence-electron chi connectivity index (χ1n) is 8.95. The fourth-order valence-electron chi connectivity index (χ4n) is 3.31. The molecule has 4 rings (SSSR count). The smallest absolute Gasteiger partial charge is 0.200 e. The Balaban J connectivity index is 1.82. The molecule has 1 unspecified atom stereocenters. The third-order valence-corrected chi connectivity index (χ3v) is 6.85. The maximum Gasteiger partial charge on any atom is 0.279 e. The molecule has 0 N–H and O–H groups in total. The minimum Gasteiger partial charge on any atom is -0.200 e. The fraction of sp³-hybridized carbons (Fsp3) is 0.136. The molecule has 1 atom stereocenters. The number of sulfonamides is 1. The standard InChI is InChI=1S/C22H19ClN2O2S/c1-16-11-13-17(14-12-16)21-15-22(19-9-5-6-10-20(19)23)25(24-21)28(26,27)18-7-3-2-4-8-18/h2-14,22H,15H2,1H3. The maximum atomic E-state index is 13.3. The van der Waals surface area contributed by atoms with Gasteiger partial charge in [0.05, 0.1) is 16.6 Å². The molecule has 3 aromatic carbocycles. The Morgan fingerprint density at radius 3 is 2.25 bits per heavy atom. The van der Waals surface area contributed by atoms with E-state index in [2.05, 4.69) is 5.10 Å². The second kappa shape index (κ2) is 7.41. The van der Waals surface area contributed by atoms with Gasteiger partial charge in [-0.3, -0.25) is 0 Å². The van der Waals surface area contributed by atoms with Crippen LogP contribution in [0.15, 0.2) is 88.9 Å². The highest BCUT2D eigenvalue weighted by Crippen LogP contribution is 2.39. The van der Waals surface area contributed by atoms with Crippen LogP contribution in [0.2, 0.25) is 5.02 Å². The second-order valence-corrected chi connectivity index (χ2v) is 8.95. The first-order chi connectivity index (χ1) is 13.5. The van der Waals surface area contributed by atoms with Gasteiger partial charge in [-0.05, 0) is 36.2 Å². The van der Waals surface area contributed by atoms with Crippen molar-refractivity contribution in [2.24, 2.45) is 5.10 Å². The molecule has 3 aromatic rings. The van der Waals surface area contributed by atoms with Gasteiger partial charge in [0.2, 0.25) is 0 Å². The van der Waals surface area contributed by atoms with Gasteiger partial charge in [0.15, 0.2) is 0 Å². The minimum absolute atomic E-state index is 0.209. The Bertz CT molecular complexity index is 1130. The van der Waals surface area contributed by atoms with Crippen molar-refractivity contribution in [3.05, 3.63) is 101 Å². The second-order valence-electron chi connectivity index (χ2n) is 6.74. The number of hydrogen-bond donors (Lipinski definition) is 0. The molecule has 0 bridgehead atoms. The van der Waals surface area contributed by atoms with Crippen LogP contribution in [0.3, 0.4) is 0 Å². The third-order valence-electron chi connectivity index (χ3n) is 4.81. The van der Waals surface area contributed by atoms with Crippen LogP contribution in [0.25, 0.3) is 0 Å². The summed E-state index contributed by atoms with van der Waals surface area (Å²) in [4.78, 5) is 0.209. The van der Waals surface area contributed by atoms with E-state index in [4.69, 9.17) is 11.6 Å². The van der Waals surface area contributed by atoms with Crippen molar-refractivity contribution in [2.45, 2.75) is 24.3 Å². The average Bonchev–Trinajstić information content (AvgIpc) is 3.15. The van der Waals surface area contributed by atoms with Crippen LogP contribution in [-0.2, 0) is 10.0 Å². The molecule has 0 aliphatic carbocycles. The molecule has 1 aliphatic rings. The predicted molar refractivity (Wildman–Crippen MR) is 112 cm³/mol. The van der Waals surface area contributed by atoms with Gasteiger partial charge in [-0.25, -0.2) is 0 Å². The first-order valence-corrected chi connectivity index (χ1v) is 10.8. The number of hydrazone groups is 1. The van der Waals surface area contributed by atoms with Gasteiger partial charge < -0.3 is 0 Å². The van der Waals surface area contributed by atoms with Crippen LogP contribution in [-0.4, -0.2) is 18.5 Å². The van der Waals surface area contributed by atoms with Crippen LogP contribution in [0.1, 0.15) is 29.2 Å². The summed E-state index contributed by atoms with van der Waals surface area (Å²) in [6.45, 7) is 2.01. The number of aryl methyl sites for hydroxylation is 1. The Kier molecular flexibility index (Phi) is 4.96. The topological polar surface area (TPSA) is 49.7 Å². The normalized spacial score (nSPS) is 16.9. The molecular weight excluding hydrogens is 392 g/mol. The van der Waals surface area contributed by atoms with Gasteiger partial charge in [-0.2, -0.15) is 17.9 Å². The van der Waals surface area contributed by atoms with Gasteiger partial charge in [-0.15, -0.1) is 0 Å². The summed E-state index contributed by atoms with van der Waals surface area (Å²) in [6.07, 6.45) is 0.457. The lowest BCUT2D eigenvalue weighted by Crippen LogP contribution is -2.27. The van der Waals surface area contributed by atoms with Crippen molar-refractivity contribution in [3.63, 3.8) is 0 Å². The van der Waals surface area contributed by atoms with E-state index < -0.39 is 16.1 Å². The van der Waals surface area contributed by atoms with E-state index in [-0.39, 0.29) is 4.90 Å². The molecule has 0 spiro atoms. The van der Waals surface area contributed by atoms with E-state index in [9.17, 15) is 8.42 Å². The zero-order valence-corrected chi connectivity index (χ0v) is 16.9. The van der Waals surface area contributed by atoms with E-state index in [0.717, 1.165) is 22.4 Å². The Hall–Kier alpha value is -2.63. The molecule has 1 aliphatic heterocycles. The SMILES string of the molecule is Cc1ccc(C2=NN(S(=O)(=O)c3ccccc3)C(c3ccccc3Cl)C2)cc1. The summed E-state index contributed by atoms with van der Waals surface area (Å²) in [5.74, 6) is 0. The van der Waals surface area contributed by atoms with Gasteiger partial charge in [0.25, 0.3) is 10.0 Å². The summed E-state index contributed by atoms with van der Waals surface area (Å²) in [6, 6.07) is 23.1. The highest BCUT2D eigenvalue weighted by molar-refractivity contribution is 7.89. The fourth-order valence-corrected chi connectivity index (χ4v) is 5.02. The van der Waals surface area contributed by atoms with E-state index in [0.29, 0.717) is 11.4 Å². The van der Waals surface area contributed by atoms with Crippen molar-refractivity contribution in [2.75, 3.05) is 0 Å². The molecule has 0 radical (unpaired) electrons. The van der Waals surface area contributed by atoms with Crippen LogP contribution < -0.4 is 0 Å². The summed E-state index contributed by atoms with van der Waals surface area (Å²) in [5, 5.41) is 5.07. The zero-order chi connectivity index (χ0) is 19.7. The van der Waals surface area contributed by atoms with Crippen molar-refractivity contribution in [1.82, 2.24) is 4.41 Å². The highest BCUT2D eigenvalue weighted by atomic mass is 35.5. The van der Waals surface area contributed by atoms with E-state index in [1.54, 1.807) is 36.4 Å². The van der Waals surface area contributed by atoms with Crippen LogP contribution in [0, 0.1) is 6.92 Å². The van der Waals surface area contributed by atoms with Gasteiger partial charge in [-0.1, -0.05) is 77.8 Å². The van der Waals surface area contributed by atoms with E-state index >= 15 is 0 Å². The Labute approximate surface area is 170 Å². The average molecular weight is 411 g/mol. The maximum absolute atomic E-state index is 13.3. The number of halogens is 1. The number of nitrogens with zero attached hydrogens (tertiary/aromatic N) is 2. The number of benzene rings is 3. The van der Waals surface area contributed by atoms with Crippen LogP contribution >= 0.6 is 11.6 Å². The highest BCUT2D eigenvalue weighted by Gasteiger charge is 2.38. The van der Waals surface area contributed by atoms with Gasteiger partial charge >= 0.3 is 0 Å². The lowest BCUT2D eigenvalue weighted by atomic mass is 9.98. The minimum atomic E-state index is -3.81. The quantitative estimate of drug-likeness (QED) is 0.594. The molecule has 0 amide bonds. The number of rotatable bonds is 4. The Morgan fingerprint density at radius 1 is 0.929 bits per heavy atom. The zero-order valence-electron chi connectivity index (χ0n) is 15.3. The molecule has 28 heavy (non-hydrogen) atoms. The summed E-state index contributed by atoms with van der Waals surface area (Å²) < 4.78 is 27.9. The van der Waals surface area contributed by atoms with Crippen LogP contribution in [0.5, 0.6) is 0 Å². The lowest BCUT2D eigenvalue weighted by molar-refractivity contribution is 0.371. The Morgan fingerprint density at radius 2 is 1.57 bits per heavy atom. The van der Waals surface area contributed by atoms with Crippen molar-refractivity contribution in [3.8, 4) is 0 Å². The number of hydrogen-bond acceptors (Lipinski definition) is 3. The molecule has 4 nitrogen and oxygen atoms in total. The molecule has 142 valence electrons. The lowest BCUT2D eigenvalue weighted by Gasteiger charge is -2.24.